The molecule has 0 nitrogen and oxygen atoms in total. The van der Waals surface area contributed by atoms with E-state index in [1.54, 1.807) is 0 Å². The van der Waals surface area contributed by atoms with Gasteiger partial charge < -0.3 is 0 Å². The molecule has 2 rings (SSSR count). The Morgan fingerprint density at radius 2 is 1.76 bits per heavy atom. The van der Waals surface area contributed by atoms with Crippen LogP contribution in [0.25, 0.3) is 6.08 Å². The summed E-state index contributed by atoms with van der Waals surface area (Å²) in [7, 11) is 0. The van der Waals surface area contributed by atoms with E-state index in [0.717, 1.165) is 5.56 Å². The van der Waals surface area contributed by atoms with E-state index < -0.39 is 0 Å². The summed E-state index contributed by atoms with van der Waals surface area (Å²) in [4.78, 5) is 0. The zero-order valence-electron chi connectivity index (χ0n) is 9.85. The summed E-state index contributed by atoms with van der Waals surface area (Å²) in [5.41, 5.74) is 3.47. The monoisotopic (exact) mass is 218 g/mol. The molecule has 0 fully saturated rings. The summed E-state index contributed by atoms with van der Waals surface area (Å²) in [6.45, 7) is 2.07. The third kappa shape index (κ3) is 3.66. The molecule has 0 saturated carbocycles. The second-order valence-corrected chi connectivity index (χ2v) is 3.88. The van der Waals surface area contributed by atoms with E-state index >= 15 is 0 Å². The van der Waals surface area contributed by atoms with Crippen molar-refractivity contribution in [1.29, 1.82) is 0 Å². The van der Waals surface area contributed by atoms with E-state index in [9.17, 15) is 0 Å². The maximum Gasteiger partial charge on any atom is 0.0251 e. The lowest BCUT2D eigenvalue weighted by atomic mass is 10.1. The zero-order chi connectivity index (χ0) is 11.9. The van der Waals surface area contributed by atoms with E-state index in [2.05, 4.69) is 43.0 Å². The molecule has 0 aromatic heterocycles. The maximum absolute atomic E-state index is 3.12. The molecule has 0 amide bonds. The van der Waals surface area contributed by atoms with Gasteiger partial charge in [-0.15, -0.1) is 0 Å². The number of aryl methyl sites for hydroxylation is 1. The first kappa shape index (κ1) is 11.2. The van der Waals surface area contributed by atoms with Gasteiger partial charge in [0.15, 0.2) is 0 Å². The molecule has 0 aliphatic rings. The lowest BCUT2D eigenvalue weighted by molar-refractivity contribution is 1.46. The Morgan fingerprint density at radius 1 is 0.941 bits per heavy atom. The highest BCUT2D eigenvalue weighted by Gasteiger charge is 1.85. The van der Waals surface area contributed by atoms with Gasteiger partial charge >= 0.3 is 0 Å². The fourth-order valence-electron chi connectivity index (χ4n) is 1.55. The van der Waals surface area contributed by atoms with Crippen LogP contribution in [0.4, 0.5) is 0 Å². The Labute approximate surface area is 103 Å². The molecule has 0 heterocycles. The Kier molecular flexibility index (Phi) is 3.78. The predicted octanol–water partition coefficient (Wildman–Crippen LogP) is 4.06. The number of hydrogen-bond donors (Lipinski definition) is 0. The van der Waals surface area contributed by atoms with Crippen LogP contribution in [-0.2, 0) is 0 Å². The topological polar surface area (TPSA) is 0 Å². The molecule has 0 radical (unpaired) electrons. The highest BCUT2D eigenvalue weighted by atomic mass is 13.9. The first-order valence-corrected chi connectivity index (χ1v) is 5.64. The quantitative estimate of drug-likeness (QED) is 0.633. The van der Waals surface area contributed by atoms with Crippen molar-refractivity contribution in [1.82, 2.24) is 0 Å². The van der Waals surface area contributed by atoms with Crippen molar-refractivity contribution < 1.29 is 0 Å². The summed E-state index contributed by atoms with van der Waals surface area (Å²) in [6.07, 6.45) is 3.90. The van der Waals surface area contributed by atoms with Crippen LogP contribution in [-0.4, -0.2) is 0 Å². The van der Waals surface area contributed by atoms with Gasteiger partial charge in [-0.1, -0.05) is 54.3 Å². The second kappa shape index (κ2) is 5.72. The van der Waals surface area contributed by atoms with Gasteiger partial charge in [0.1, 0.15) is 0 Å². The Morgan fingerprint density at radius 3 is 2.53 bits per heavy atom. The highest BCUT2D eigenvalue weighted by Crippen LogP contribution is 2.02. The minimum Gasteiger partial charge on any atom is -0.0696 e. The summed E-state index contributed by atoms with van der Waals surface area (Å²) in [5, 5.41) is 0. The highest BCUT2D eigenvalue weighted by molar-refractivity contribution is 5.53. The molecule has 0 aliphatic heterocycles. The van der Waals surface area contributed by atoms with Gasteiger partial charge in [0.25, 0.3) is 0 Å². The average Bonchev–Trinajstić information content (AvgIpc) is 2.36. The van der Waals surface area contributed by atoms with Crippen LogP contribution >= 0.6 is 0 Å². The molecule has 0 spiro atoms. The predicted molar refractivity (Wildman–Crippen MR) is 73.5 cm³/mol. The number of rotatable bonds is 1. The molecule has 2 aromatic carbocycles. The summed E-state index contributed by atoms with van der Waals surface area (Å²) in [5.74, 6) is 6.17. The fourth-order valence-corrected chi connectivity index (χ4v) is 1.55. The first-order chi connectivity index (χ1) is 8.34. The van der Waals surface area contributed by atoms with E-state index in [1.807, 2.05) is 42.5 Å². The molecule has 0 N–H and O–H groups in total. The van der Waals surface area contributed by atoms with E-state index in [-0.39, 0.29) is 0 Å². The molecule has 2 aromatic rings. The fraction of sp³-hybridized carbons (Fsp3) is 0.0588. The van der Waals surface area contributed by atoms with Crippen LogP contribution in [0.2, 0.25) is 0 Å². The second-order valence-electron chi connectivity index (χ2n) is 3.88. The van der Waals surface area contributed by atoms with Crippen molar-refractivity contribution in [2.75, 3.05) is 0 Å². The van der Waals surface area contributed by atoms with E-state index in [0.29, 0.717) is 0 Å². The van der Waals surface area contributed by atoms with Crippen LogP contribution in [0.5, 0.6) is 0 Å². The molecular formula is C17H14. The smallest absolute Gasteiger partial charge is 0.0251 e. The van der Waals surface area contributed by atoms with Gasteiger partial charge in [-0.25, -0.2) is 0 Å². The molecule has 0 heteroatoms. The number of benzene rings is 2. The molecule has 0 saturated heterocycles. The molecule has 0 bridgehead atoms. The van der Waals surface area contributed by atoms with Gasteiger partial charge in [0, 0.05) is 5.56 Å². The first-order valence-electron chi connectivity index (χ1n) is 5.64. The maximum atomic E-state index is 3.12. The third-order valence-corrected chi connectivity index (χ3v) is 2.39. The molecule has 0 unspecified atom stereocenters. The van der Waals surface area contributed by atoms with Crippen molar-refractivity contribution in [2.45, 2.75) is 6.92 Å². The lowest BCUT2D eigenvalue weighted by Crippen LogP contribution is -1.75. The van der Waals surface area contributed by atoms with Crippen LogP contribution < -0.4 is 0 Å². The van der Waals surface area contributed by atoms with E-state index in [1.165, 1.54) is 11.1 Å². The van der Waals surface area contributed by atoms with Gasteiger partial charge in [0.2, 0.25) is 0 Å². The van der Waals surface area contributed by atoms with Crippen LogP contribution in [0.15, 0.2) is 60.7 Å². The summed E-state index contributed by atoms with van der Waals surface area (Å²) < 4.78 is 0. The summed E-state index contributed by atoms with van der Waals surface area (Å²) in [6, 6.07) is 18.4. The third-order valence-electron chi connectivity index (χ3n) is 2.39. The van der Waals surface area contributed by atoms with Gasteiger partial charge in [0.05, 0.1) is 0 Å². The molecule has 82 valence electrons. The van der Waals surface area contributed by atoms with Crippen LogP contribution in [0.1, 0.15) is 16.7 Å². The Hall–Kier alpha value is -2.26. The lowest BCUT2D eigenvalue weighted by Gasteiger charge is -1.91. The van der Waals surface area contributed by atoms with Gasteiger partial charge in [-0.3, -0.25) is 0 Å². The van der Waals surface area contributed by atoms with Crippen molar-refractivity contribution in [3.63, 3.8) is 0 Å². The van der Waals surface area contributed by atoms with Gasteiger partial charge in [-0.05, 0) is 42.3 Å². The Balaban J connectivity index is 2.06. The van der Waals surface area contributed by atoms with Crippen molar-refractivity contribution >= 4 is 6.08 Å². The standard InChI is InChI=1S/C17H14/c1-15-8-7-13-17(14-15)12-6-5-11-16-9-3-2-4-10-16/h2-5,7-11,13-14H,1H3/b11-5+. The minimum absolute atomic E-state index is 1.06. The van der Waals surface area contributed by atoms with Crippen molar-refractivity contribution in [2.24, 2.45) is 0 Å². The molecular weight excluding hydrogens is 204 g/mol. The molecule has 0 aliphatic carbocycles. The Bertz CT molecular complexity index is 566. The SMILES string of the molecule is Cc1cccc(C#C/C=C/c2ccccc2)c1. The van der Waals surface area contributed by atoms with Crippen molar-refractivity contribution in [3.05, 3.63) is 77.4 Å². The van der Waals surface area contributed by atoms with Crippen LogP contribution in [0.3, 0.4) is 0 Å². The summed E-state index contributed by atoms with van der Waals surface area (Å²) >= 11 is 0. The van der Waals surface area contributed by atoms with Crippen LogP contribution in [0, 0.1) is 18.8 Å². The normalized spacial score (nSPS) is 9.94. The van der Waals surface area contributed by atoms with Crippen molar-refractivity contribution in [3.8, 4) is 11.8 Å². The zero-order valence-corrected chi connectivity index (χ0v) is 9.85. The molecule has 17 heavy (non-hydrogen) atoms. The largest absolute Gasteiger partial charge is 0.0696 e. The van der Waals surface area contributed by atoms with Gasteiger partial charge in [-0.2, -0.15) is 0 Å². The van der Waals surface area contributed by atoms with E-state index in [4.69, 9.17) is 0 Å². The average molecular weight is 218 g/mol. The number of hydrogen-bond acceptors (Lipinski definition) is 0. The molecule has 0 atom stereocenters. The minimum atomic E-state index is 1.06. The number of allylic oxidation sites excluding steroid dienone is 1.